The van der Waals surface area contributed by atoms with Crippen LogP contribution in [0.1, 0.15) is 23.1 Å². The van der Waals surface area contributed by atoms with Gasteiger partial charge in [0.15, 0.2) is 0 Å². The fourth-order valence-electron chi connectivity index (χ4n) is 3.80. The van der Waals surface area contributed by atoms with Crippen LogP contribution in [0.15, 0.2) is 91.0 Å². The van der Waals surface area contributed by atoms with Gasteiger partial charge < -0.3 is 10.2 Å². The van der Waals surface area contributed by atoms with Crippen LogP contribution < -0.4 is 0 Å². The molecule has 0 fully saturated rings. The van der Waals surface area contributed by atoms with Gasteiger partial charge >= 0.3 is 0 Å². The summed E-state index contributed by atoms with van der Waals surface area (Å²) in [5.41, 5.74) is 3.06. The average molecular weight is 328 g/mol. The normalized spacial score (nSPS) is 23.0. The van der Waals surface area contributed by atoms with Crippen molar-refractivity contribution in [1.82, 2.24) is 0 Å². The van der Waals surface area contributed by atoms with Crippen molar-refractivity contribution >= 4 is 11.1 Å². The molecule has 3 aromatic carbocycles. The second kappa shape index (κ2) is 6.32. The van der Waals surface area contributed by atoms with Gasteiger partial charge in [0.05, 0.1) is 6.10 Å². The van der Waals surface area contributed by atoms with E-state index in [-0.39, 0.29) is 6.42 Å². The van der Waals surface area contributed by atoms with E-state index in [9.17, 15) is 10.2 Å². The van der Waals surface area contributed by atoms with Crippen LogP contribution in [0.3, 0.4) is 0 Å². The van der Waals surface area contributed by atoms with Gasteiger partial charge in [0.1, 0.15) is 5.60 Å². The van der Waals surface area contributed by atoms with Crippen molar-refractivity contribution in [2.45, 2.75) is 18.1 Å². The molecule has 1 aliphatic rings. The lowest BCUT2D eigenvalue weighted by molar-refractivity contribution is 0.0640. The molecular formula is C23H20O2. The minimum absolute atomic E-state index is 0.255. The predicted molar refractivity (Wildman–Crippen MR) is 101 cm³/mol. The van der Waals surface area contributed by atoms with E-state index in [4.69, 9.17) is 0 Å². The first-order valence-corrected chi connectivity index (χ1v) is 8.51. The fraction of sp³-hybridized carbons (Fsp3) is 0.130. The summed E-state index contributed by atoms with van der Waals surface area (Å²) >= 11 is 0. The molecule has 2 N–H and O–H groups in total. The molecule has 0 heterocycles. The van der Waals surface area contributed by atoms with Crippen LogP contribution in [0.4, 0.5) is 0 Å². The van der Waals surface area contributed by atoms with Crippen molar-refractivity contribution in [1.29, 1.82) is 0 Å². The van der Waals surface area contributed by atoms with Gasteiger partial charge in [0, 0.05) is 12.0 Å². The van der Waals surface area contributed by atoms with Crippen molar-refractivity contribution in [2.75, 3.05) is 0 Å². The molecule has 0 radical (unpaired) electrons. The molecule has 2 atom stereocenters. The van der Waals surface area contributed by atoms with Crippen LogP contribution in [0.2, 0.25) is 0 Å². The SMILES string of the molecule is O[C@@H]1C[C@](O)(c2ccccc2)C(c2ccccc2)=C1c1ccccc1. The number of rotatable bonds is 3. The molecule has 124 valence electrons. The Morgan fingerprint density at radius 2 is 1.16 bits per heavy atom. The molecule has 25 heavy (non-hydrogen) atoms. The third-order valence-corrected chi connectivity index (χ3v) is 4.90. The Hall–Kier alpha value is -2.68. The summed E-state index contributed by atoms with van der Waals surface area (Å²) in [6.07, 6.45) is -0.464. The van der Waals surface area contributed by atoms with Gasteiger partial charge in [0.2, 0.25) is 0 Å². The van der Waals surface area contributed by atoms with E-state index in [1.807, 2.05) is 91.0 Å². The number of hydrogen-bond donors (Lipinski definition) is 2. The maximum atomic E-state index is 11.7. The Labute approximate surface area is 147 Å². The fourth-order valence-corrected chi connectivity index (χ4v) is 3.80. The van der Waals surface area contributed by atoms with E-state index >= 15 is 0 Å². The van der Waals surface area contributed by atoms with E-state index in [2.05, 4.69) is 0 Å². The summed E-state index contributed by atoms with van der Waals surface area (Å²) in [6, 6.07) is 29.3. The van der Waals surface area contributed by atoms with Gasteiger partial charge in [-0.05, 0) is 22.3 Å². The zero-order chi connectivity index (χ0) is 17.3. The molecule has 0 bridgehead atoms. The number of aliphatic hydroxyl groups excluding tert-OH is 1. The Balaban J connectivity index is 2.00. The Bertz CT molecular complexity index is 885. The molecule has 1 aliphatic carbocycles. The van der Waals surface area contributed by atoms with Gasteiger partial charge in [-0.2, -0.15) is 0 Å². The average Bonchev–Trinajstić information content (AvgIpc) is 2.95. The van der Waals surface area contributed by atoms with Gasteiger partial charge in [-0.1, -0.05) is 91.0 Å². The number of benzene rings is 3. The lowest BCUT2D eigenvalue weighted by Gasteiger charge is -2.28. The molecular weight excluding hydrogens is 308 g/mol. The van der Waals surface area contributed by atoms with Gasteiger partial charge in [-0.25, -0.2) is 0 Å². The lowest BCUT2D eigenvalue weighted by Crippen LogP contribution is -2.26. The van der Waals surface area contributed by atoms with Crippen molar-refractivity contribution in [3.63, 3.8) is 0 Å². The van der Waals surface area contributed by atoms with E-state index in [1.165, 1.54) is 0 Å². The molecule has 0 saturated carbocycles. The van der Waals surface area contributed by atoms with E-state index in [0.717, 1.165) is 27.8 Å². The predicted octanol–water partition coefficient (Wildman–Crippen LogP) is 4.25. The summed E-state index contributed by atoms with van der Waals surface area (Å²) < 4.78 is 0. The molecule has 2 heteroatoms. The highest BCUT2D eigenvalue weighted by Gasteiger charge is 2.46. The molecule has 2 nitrogen and oxygen atoms in total. The zero-order valence-corrected chi connectivity index (χ0v) is 13.8. The maximum Gasteiger partial charge on any atom is 0.118 e. The van der Waals surface area contributed by atoms with Crippen LogP contribution in [0.25, 0.3) is 11.1 Å². The maximum absolute atomic E-state index is 11.7. The van der Waals surface area contributed by atoms with Crippen LogP contribution in [-0.4, -0.2) is 16.3 Å². The summed E-state index contributed by atoms with van der Waals surface area (Å²) in [5, 5.41) is 22.5. The summed E-state index contributed by atoms with van der Waals surface area (Å²) in [7, 11) is 0. The van der Waals surface area contributed by atoms with Crippen LogP contribution in [0, 0.1) is 0 Å². The third kappa shape index (κ3) is 2.70. The topological polar surface area (TPSA) is 40.5 Å². The van der Waals surface area contributed by atoms with Gasteiger partial charge in [0.25, 0.3) is 0 Å². The number of hydrogen-bond acceptors (Lipinski definition) is 2. The quantitative estimate of drug-likeness (QED) is 0.754. The first-order chi connectivity index (χ1) is 12.2. The van der Waals surface area contributed by atoms with Gasteiger partial charge in [-0.3, -0.25) is 0 Å². The van der Waals surface area contributed by atoms with Crippen molar-refractivity contribution in [3.8, 4) is 0 Å². The van der Waals surface area contributed by atoms with Crippen molar-refractivity contribution in [2.24, 2.45) is 0 Å². The standard InChI is InChI=1S/C23H20O2/c24-20-16-23(25,19-14-8-3-9-15-19)22(18-12-6-2-7-13-18)21(20)17-10-4-1-5-11-17/h1-15,20,24-25H,16H2/t20-,23+/m1/s1. The second-order valence-corrected chi connectivity index (χ2v) is 6.47. The highest BCUT2D eigenvalue weighted by molar-refractivity contribution is 5.99. The largest absolute Gasteiger partial charge is 0.388 e. The minimum Gasteiger partial charge on any atom is -0.388 e. The van der Waals surface area contributed by atoms with E-state index in [1.54, 1.807) is 0 Å². The summed E-state index contributed by atoms with van der Waals surface area (Å²) in [6.45, 7) is 0. The van der Waals surface area contributed by atoms with Crippen molar-refractivity contribution < 1.29 is 10.2 Å². The highest BCUT2D eigenvalue weighted by atomic mass is 16.3. The molecule has 0 saturated heterocycles. The Morgan fingerprint density at radius 3 is 1.72 bits per heavy atom. The molecule has 3 aromatic rings. The molecule has 0 aromatic heterocycles. The summed E-state index contributed by atoms with van der Waals surface area (Å²) in [5.74, 6) is 0. The molecule has 4 rings (SSSR count). The molecule has 0 aliphatic heterocycles. The van der Waals surface area contributed by atoms with Crippen LogP contribution in [-0.2, 0) is 5.60 Å². The van der Waals surface area contributed by atoms with Gasteiger partial charge in [-0.15, -0.1) is 0 Å². The Morgan fingerprint density at radius 1 is 0.680 bits per heavy atom. The van der Waals surface area contributed by atoms with Crippen LogP contribution >= 0.6 is 0 Å². The van der Waals surface area contributed by atoms with Crippen molar-refractivity contribution in [3.05, 3.63) is 108 Å². The minimum atomic E-state index is -1.22. The molecule has 0 amide bonds. The Kier molecular flexibility index (Phi) is 4.00. The number of aliphatic hydroxyl groups is 2. The van der Waals surface area contributed by atoms with Crippen LogP contribution in [0.5, 0.6) is 0 Å². The van der Waals surface area contributed by atoms with E-state index in [0.29, 0.717) is 0 Å². The monoisotopic (exact) mass is 328 g/mol. The smallest absolute Gasteiger partial charge is 0.118 e. The molecule has 0 spiro atoms. The van der Waals surface area contributed by atoms with E-state index < -0.39 is 11.7 Å². The lowest BCUT2D eigenvalue weighted by atomic mass is 9.82. The summed E-state index contributed by atoms with van der Waals surface area (Å²) in [4.78, 5) is 0. The molecule has 0 unspecified atom stereocenters. The highest BCUT2D eigenvalue weighted by Crippen LogP contribution is 2.51. The second-order valence-electron chi connectivity index (χ2n) is 6.47. The zero-order valence-electron chi connectivity index (χ0n) is 13.8. The first kappa shape index (κ1) is 15.8. The third-order valence-electron chi connectivity index (χ3n) is 4.90. The first-order valence-electron chi connectivity index (χ1n) is 8.51.